The van der Waals surface area contributed by atoms with Gasteiger partial charge in [-0.3, -0.25) is 4.79 Å². The van der Waals surface area contributed by atoms with Crippen LogP contribution in [-0.4, -0.2) is 30.2 Å². The predicted molar refractivity (Wildman–Crippen MR) is 117 cm³/mol. The molecule has 156 valence electrons. The van der Waals surface area contributed by atoms with E-state index in [1.54, 1.807) is 44.2 Å². The second kappa shape index (κ2) is 10.7. The van der Waals surface area contributed by atoms with Gasteiger partial charge < -0.3 is 19.9 Å². The first kappa shape index (κ1) is 23.3. The van der Waals surface area contributed by atoms with Gasteiger partial charge in [0.25, 0.3) is 5.91 Å². The largest absolute Gasteiger partial charge is 0.490 e. The highest BCUT2D eigenvalue weighted by Crippen LogP contribution is 2.37. The van der Waals surface area contributed by atoms with Crippen molar-refractivity contribution in [2.75, 3.05) is 18.5 Å². The Bertz CT molecular complexity index is 1050. The molecule has 7 nitrogen and oxygen atoms in total. The Labute approximate surface area is 187 Å². The molecule has 0 heterocycles. The number of nitrogens with zero attached hydrogens (tertiary/aromatic N) is 1. The fraction of sp³-hybridized carbons (Fsp3) is 0.190. The summed E-state index contributed by atoms with van der Waals surface area (Å²) >= 11 is 9.38. The van der Waals surface area contributed by atoms with E-state index in [-0.39, 0.29) is 17.1 Å². The molecule has 2 aromatic rings. The Balaban J connectivity index is 2.36. The summed E-state index contributed by atoms with van der Waals surface area (Å²) in [5, 5.41) is 21.5. The average Bonchev–Trinajstić information content (AvgIpc) is 2.69. The van der Waals surface area contributed by atoms with Gasteiger partial charge in [0.2, 0.25) is 0 Å². The number of benzene rings is 2. The van der Waals surface area contributed by atoms with Crippen molar-refractivity contribution in [3.63, 3.8) is 0 Å². The summed E-state index contributed by atoms with van der Waals surface area (Å²) < 4.78 is 11.2. The molecule has 0 bridgehead atoms. The standard InChI is InChI=1S/C21H18BrClN2O5/c1-3-29-18-9-13(8-15(22)20(18)30-11-19(26)27)7-14(10-24)21(28)25-17-6-4-5-16(23)12(17)2/h4-9H,3,11H2,1-2H3,(H,25,28)(H,26,27)/b14-7+. The van der Waals surface area contributed by atoms with Crippen molar-refractivity contribution in [3.8, 4) is 17.6 Å². The molecule has 1 amide bonds. The van der Waals surface area contributed by atoms with E-state index in [0.717, 1.165) is 0 Å². The van der Waals surface area contributed by atoms with Crippen LogP contribution in [0.4, 0.5) is 5.69 Å². The van der Waals surface area contributed by atoms with Crippen LogP contribution in [0.2, 0.25) is 5.02 Å². The molecule has 0 radical (unpaired) electrons. The summed E-state index contributed by atoms with van der Waals surface area (Å²) in [6.07, 6.45) is 1.39. The van der Waals surface area contributed by atoms with Crippen molar-refractivity contribution >= 4 is 51.2 Å². The summed E-state index contributed by atoms with van der Waals surface area (Å²) in [5.74, 6) is -1.23. The van der Waals surface area contributed by atoms with Crippen LogP contribution in [0.15, 0.2) is 40.4 Å². The lowest BCUT2D eigenvalue weighted by atomic mass is 10.1. The topological polar surface area (TPSA) is 109 Å². The third-order valence-corrected chi connectivity index (χ3v) is 4.86. The highest BCUT2D eigenvalue weighted by molar-refractivity contribution is 9.10. The molecule has 0 atom stereocenters. The third-order valence-electron chi connectivity index (χ3n) is 3.86. The lowest BCUT2D eigenvalue weighted by molar-refractivity contribution is -0.139. The van der Waals surface area contributed by atoms with Gasteiger partial charge in [0, 0.05) is 10.7 Å². The minimum atomic E-state index is -1.13. The van der Waals surface area contributed by atoms with Crippen molar-refractivity contribution in [1.29, 1.82) is 5.26 Å². The number of amides is 1. The lowest BCUT2D eigenvalue weighted by Crippen LogP contribution is -2.14. The van der Waals surface area contributed by atoms with E-state index in [1.165, 1.54) is 6.08 Å². The zero-order valence-electron chi connectivity index (χ0n) is 16.2. The van der Waals surface area contributed by atoms with E-state index in [4.69, 9.17) is 26.2 Å². The summed E-state index contributed by atoms with van der Waals surface area (Å²) in [5.41, 5.74) is 1.54. The van der Waals surface area contributed by atoms with E-state index in [1.807, 2.05) is 6.07 Å². The number of carbonyl (C=O) groups excluding carboxylic acids is 1. The molecule has 2 N–H and O–H groups in total. The van der Waals surface area contributed by atoms with Crippen LogP contribution in [0.1, 0.15) is 18.1 Å². The number of ether oxygens (including phenoxy) is 2. The molecular formula is C21H18BrClN2O5. The van der Waals surface area contributed by atoms with E-state index in [0.29, 0.717) is 32.9 Å². The Morgan fingerprint density at radius 1 is 1.33 bits per heavy atom. The van der Waals surface area contributed by atoms with Gasteiger partial charge in [-0.05, 0) is 71.2 Å². The number of hydrogen-bond donors (Lipinski definition) is 2. The van der Waals surface area contributed by atoms with Crippen LogP contribution in [0.3, 0.4) is 0 Å². The molecule has 0 unspecified atom stereocenters. The molecule has 0 aliphatic heterocycles. The summed E-state index contributed by atoms with van der Waals surface area (Å²) in [7, 11) is 0. The van der Waals surface area contributed by atoms with Gasteiger partial charge in [-0.15, -0.1) is 0 Å². The molecule has 0 saturated heterocycles. The molecule has 2 aromatic carbocycles. The second-order valence-corrected chi connectivity index (χ2v) is 7.24. The van der Waals surface area contributed by atoms with Gasteiger partial charge in [0.05, 0.1) is 11.1 Å². The van der Waals surface area contributed by atoms with E-state index in [2.05, 4.69) is 21.2 Å². The molecule has 0 spiro atoms. The Kier molecular flexibility index (Phi) is 8.27. The normalized spacial score (nSPS) is 10.8. The highest BCUT2D eigenvalue weighted by Gasteiger charge is 2.16. The molecule has 9 heteroatoms. The molecular weight excluding hydrogens is 476 g/mol. The van der Waals surface area contributed by atoms with Crippen LogP contribution in [-0.2, 0) is 9.59 Å². The van der Waals surface area contributed by atoms with Crippen molar-refractivity contribution in [2.24, 2.45) is 0 Å². The number of anilines is 1. The van der Waals surface area contributed by atoms with Crippen molar-refractivity contribution < 1.29 is 24.2 Å². The van der Waals surface area contributed by atoms with Crippen molar-refractivity contribution in [1.82, 2.24) is 0 Å². The Hall–Kier alpha value is -3.02. The summed E-state index contributed by atoms with van der Waals surface area (Å²) in [4.78, 5) is 23.4. The molecule has 0 saturated carbocycles. The molecule has 0 aliphatic carbocycles. The molecule has 30 heavy (non-hydrogen) atoms. The first-order chi connectivity index (χ1) is 14.3. The number of rotatable bonds is 8. The minimum absolute atomic E-state index is 0.136. The smallest absolute Gasteiger partial charge is 0.341 e. The number of nitrogens with one attached hydrogen (secondary N) is 1. The van der Waals surface area contributed by atoms with Crippen LogP contribution in [0, 0.1) is 18.3 Å². The Morgan fingerprint density at radius 3 is 2.70 bits per heavy atom. The van der Waals surface area contributed by atoms with Crippen LogP contribution >= 0.6 is 27.5 Å². The maximum atomic E-state index is 12.6. The number of hydrogen-bond acceptors (Lipinski definition) is 5. The second-order valence-electron chi connectivity index (χ2n) is 5.98. The average molecular weight is 494 g/mol. The zero-order chi connectivity index (χ0) is 22.3. The number of carbonyl (C=O) groups is 2. The first-order valence-electron chi connectivity index (χ1n) is 8.76. The van der Waals surface area contributed by atoms with Gasteiger partial charge in [-0.1, -0.05) is 17.7 Å². The summed E-state index contributed by atoms with van der Waals surface area (Å²) in [6, 6.07) is 10.1. The van der Waals surface area contributed by atoms with Crippen LogP contribution in [0.5, 0.6) is 11.5 Å². The van der Waals surface area contributed by atoms with Crippen molar-refractivity contribution in [2.45, 2.75) is 13.8 Å². The molecule has 0 aliphatic rings. The van der Waals surface area contributed by atoms with Gasteiger partial charge in [0.1, 0.15) is 11.6 Å². The highest BCUT2D eigenvalue weighted by atomic mass is 79.9. The van der Waals surface area contributed by atoms with Gasteiger partial charge >= 0.3 is 5.97 Å². The number of nitriles is 1. The Morgan fingerprint density at radius 2 is 2.07 bits per heavy atom. The fourth-order valence-electron chi connectivity index (χ4n) is 2.46. The van der Waals surface area contributed by atoms with Gasteiger partial charge in [-0.25, -0.2) is 4.79 Å². The van der Waals surface area contributed by atoms with E-state index >= 15 is 0 Å². The molecule has 2 rings (SSSR count). The quantitative estimate of drug-likeness (QED) is 0.403. The predicted octanol–water partition coefficient (Wildman–Crippen LogP) is 4.82. The molecule has 0 aromatic heterocycles. The number of carboxylic acid groups (broad SMARTS) is 1. The van der Waals surface area contributed by atoms with Crippen LogP contribution < -0.4 is 14.8 Å². The lowest BCUT2D eigenvalue weighted by Gasteiger charge is -2.14. The fourth-order valence-corrected chi connectivity index (χ4v) is 3.20. The summed E-state index contributed by atoms with van der Waals surface area (Å²) in [6.45, 7) is 3.29. The van der Waals surface area contributed by atoms with Gasteiger partial charge in [0.15, 0.2) is 18.1 Å². The third kappa shape index (κ3) is 5.99. The SMILES string of the molecule is CCOc1cc(/C=C(\C#N)C(=O)Nc2cccc(Cl)c2C)cc(Br)c1OCC(=O)O. The van der Waals surface area contributed by atoms with E-state index < -0.39 is 18.5 Å². The zero-order valence-corrected chi connectivity index (χ0v) is 18.5. The number of halogens is 2. The maximum absolute atomic E-state index is 12.6. The maximum Gasteiger partial charge on any atom is 0.341 e. The van der Waals surface area contributed by atoms with Gasteiger partial charge in [-0.2, -0.15) is 5.26 Å². The monoisotopic (exact) mass is 492 g/mol. The molecule has 0 fully saturated rings. The number of aliphatic carboxylic acids is 1. The minimum Gasteiger partial charge on any atom is -0.490 e. The first-order valence-corrected chi connectivity index (χ1v) is 9.93. The van der Waals surface area contributed by atoms with E-state index in [9.17, 15) is 14.9 Å². The van der Waals surface area contributed by atoms with Crippen molar-refractivity contribution in [3.05, 3.63) is 56.5 Å². The number of carboxylic acids is 1. The van der Waals surface area contributed by atoms with Crippen LogP contribution in [0.25, 0.3) is 6.08 Å².